The van der Waals surface area contributed by atoms with Crippen LogP contribution in [0.1, 0.15) is 24.8 Å². The highest BCUT2D eigenvalue weighted by Crippen LogP contribution is 2.21. The number of aliphatic hydroxyl groups excluding tert-OH is 1. The molecule has 1 fully saturated rings. The standard InChI is InChI=1S/C15H18ClN3O2/c16-14-8-12(4-3-11(14)9-17)18-15(21)5-7-19-6-1-2-13(19)10-20/h3-4,8,13,20H,1-2,5-7,10H2,(H,18,21)/t13-/m1/s1. The molecule has 0 radical (unpaired) electrons. The van der Waals surface area contributed by atoms with Gasteiger partial charge >= 0.3 is 0 Å². The van der Waals surface area contributed by atoms with Crippen molar-refractivity contribution in [2.24, 2.45) is 0 Å². The third-order valence-electron chi connectivity index (χ3n) is 3.71. The summed E-state index contributed by atoms with van der Waals surface area (Å²) in [6.45, 7) is 1.72. The van der Waals surface area contributed by atoms with Crippen LogP contribution in [0, 0.1) is 11.3 Å². The van der Waals surface area contributed by atoms with Crippen molar-refractivity contribution in [3.05, 3.63) is 28.8 Å². The Kier molecular flexibility index (Phi) is 5.57. The van der Waals surface area contributed by atoms with E-state index in [0.717, 1.165) is 19.4 Å². The topological polar surface area (TPSA) is 76.4 Å². The van der Waals surface area contributed by atoms with Gasteiger partial charge in [-0.15, -0.1) is 0 Å². The number of amides is 1. The van der Waals surface area contributed by atoms with Crippen LogP contribution in [0.25, 0.3) is 0 Å². The molecule has 1 amide bonds. The van der Waals surface area contributed by atoms with E-state index in [-0.39, 0.29) is 18.6 Å². The van der Waals surface area contributed by atoms with Gasteiger partial charge in [0.1, 0.15) is 6.07 Å². The molecule has 0 aliphatic carbocycles. The van der Waals surface area contributed by atoms with Crippen LogP contribution in [0.4, 0.5) is 5.69 Å². The first-order valence-electron chi connectivity index (χ1n) is 6.98. The van der Waals surface area contributed by atoms with E-state index in [1.807, 2.05) is 6.07 Å². The fourth-order valence-electron chi connectivity index (χ4n) is 2.55. The summed E-state index contributed by atoms with van der Waals surface area (Å²) in [6, 6.07) is 6.98. The molecule has 2 rings (SSSR count). The molecule has 1 saturated heterocycles. The summed E-state index contributed by atoms with van der Waals surface area (Å²) in [5.41, 5.74) is 0.974. The molecular weight excluding hydrogens is 290 g/mol. The number of hydrogen-bond acceptors (Lipinski definition) is 4. The highest BCUT2D eigenvalue weighted by atomic mass is 35.5. The first-order valence-corrected chi connectivity index (χ1v) is 7.36. The number of likely N-dealkylation sites (tertiary alicyclic amines) is 1. The van der Waals surface area contributed by atoms with Gasteiger partial charge in [0, 0.05) is 24.7 Å². The largest absolute Gasteiger partial charge is 0.395 e. The van der Waals surface area contributed by atoms with Crippen molar-refractivity contribution in [3.63, 3.8) is 0 Å². The number of benzene rings is 1. The SMILES string of the molecule is N#Cc1ccc(NC(=O)CCN2CCC[C@@H]2CO)cc1Cl. The highest BCUT2D eigenvalue weighted by molar-refractivity contribution is 6.32. The molecule has 0 spiro atoms. The molecule has 1 aliphatic rings. The summed E-state index contributed by atoms with van der Waals surface area (Å²) < 4.78 is 0. The normalized spacial score (nSPS) is 18.4. The van der Waals surface area contributed by atoms with Crippen molar-refractivity contribution >= 4 is 23.2 Å². The molecule has 6 heteroatoms. The van der Waals surface area contributed by atoms with Crippen LogP contribution in [0.15, 0.2) is 18.2 Å². The van der Waals surface area contributed by atoms with Gasteiger partial charge in [-0.25, -0.2) is 0 Å². The van der Waals surface area contributed by atoms with E-state index in [0.29, 0.717) is 29.2 Å². The summed E-state index contributed by atoms with van der Waals surface area (Å²) in [5.74, 6) is -0.0978. The maximum atomic E-state index is 11.9. The molecule has 0 saturated carbocycles. The molecular formula is C15H18ClN3O2. The third-order valence-corrected chi connectivity index (χ3v) is 4.02. The molecule has 2 N–H and O–H groups in total. The van der Waals surface area contributed by atoms with Gasteiger partial charge in [-0.05, 0) is 37.6 Å². The molecule has 1 heterocycles. The number of hydrogen-bond donors (Lipinski definition) is 2. The quantitative estimate of drug-likeness (QED) is 0.872. The van der Waals surface area contributed by atoms with Gasteiger partial charge in [-0.2, -0.15) is 5.26 Å². The van der Waals surface area contributed by atoms with Crippen LogP contribution in [0.3, 0.4) is 0 Å². The second-order valence-electron chi connectivity index (χ2n) is 5.12. The number of rotatable bonds is 5. The van der Waals surface area contributed by atoms with Crippen molar-refractivity contribution in [1.82, 2.24) is 4.90 Å². The minimum absolute atomic E-state index is 0.0978. The monoisotopic (exact) mass is 307 g/mol. The van der Waals surface area contributed by atoms with Crippen molar-refractivity contribution in [3.8, 4) is 6.07 Å². The van der Waals surface area contributed by atoms with Gasteiger partial charge in [-0.3, -0.25) is 9.69 Å². The highest BCUT2D eigenvalue weighted by Gasteiger charge is 2.23. The molecule has 0 unspecified atom stereocenters. The molecule has 112 valence electrons. The Labute approximate surface area is 129 Å². The number of carbonyl (C=O) groups excluding carboxylic acids is 1. The number of aliphatic hydroxyl groups is 1. The predicted octanol–water partition coefficient (Wildman–Crippen LogP) is 2.00. The Morgan fingerprint density at radius 2 is 2.38 bits per heavy atom. The van der Waals surface area contributed by atoms with Crippen LogP contribution in [-0.2, 0) is 4.79 Å². The zero-order valence-electron chi connectivity index (χ0n) is 11.7. The number of nitriles is 1. The molecule has 1 atom stereocenters. The van der Waals surface area contributed by atoms with Gasteiger partial charge in [0.15, 0.2) is 0 Å². The van der Waals surface area contributed by atoms with Gasteiger partial charge in [0.05, 0.1) is 17.2 Å². The fourth-order valence-corrected chi connectivity index (χ4v) is 2.77. The third kappa shape index (κ3) is 4.18. The molecule has 21 heavy (non-hydrogen) atoms. The summed E-state index contributed by atoms with van der Waals surface area (Å²) in [4.78, 5) is 14.1. The second kappa shape index (κ2) is 7.41. The molecule has 1 aromatic rings. The van der Waals surface area contributed by atoms with Crippen LogP contribution >= 0.6 is 11.6 Å². The van der Waals surface area contributed by atoms with Crippen LogP contribution < -0.4 is 5.32 Å². The van der Waals surface area contributed by atoms with E-state index in [4.69, 9.17) is 16.9 Å². The second-order valence-corrected chi connectivity index (χ2v) is 5.53. The smallest absolute Gasteiger partial charge is 0.225 e. The fraction of sp³-hybridized carbons (Fsp3) is 0.467. The van der Waals surface area contributed by atoms with E-state index in [1.165, 1.54) is 0 Å². The lowest BCUT2D eigenvalue weighted by atomic mass is 10.2. The lowest BCUT2D eigenvalue weighted by molar-refractivity contribution is -0.116. The summed E-state index contributed by atoms with van der Waals surface area (Å²) in [7, 11) is 0. The lowest BCUT2D eigenvalue weighted by Crippen LogP contribution is -2.34. The average Bonchev–Trinajstić information content (AvgIpc) is 2.93. The van der Waals surface area contributed by atoms with Gasteiger partial charge in [0.25, 0.3) is 0 Å². The predicted molar refractivity (Wildman–Crippen MR) is 81.1 cm³/mol. The Balaban J connectivity index is 1.85. The molecule has 5 nitrogen and oxygen atoms in total. The maximum Gasteiger partial charge on any atom is 0.225 e. The number of nitrogens with one attached hydrogen (secondary N) is 1. The first kappa shape index (κ1) is 15.8. The van der Waals surface area contributed by atoms with Crippen molar-refractivity contribution in [2.45, 2.75) is 25.3 Å². The Morgan fingerprint density at radius 3 is 3.05 bits per heavy atom. The van der Waals surface area contributed by atoms with E-state index in [9.17, 15) is 9.90 Å². The van der Waals surface area contributed by atoms with Crippen molar-refractivity contribution in [1.29, 1.82) is 5.26 Å². The van der Waals surface area contributed by atoms with Crippen LogP contribution in [0.5, 0.6) is 0 Å². The minimum Gasteiger partial charge on any atom is -0.395 e. The summed E-state index contributed by atoms with van der Waals surface area (Å²) >= 11 is 5.92. The number of anilines is 1. The van der Waals surface area contributed by atoms with E-state index < -0.39 is 0 Å². The van der Waals surface area contributed by atoms with Crippen LogP contribution in [0.2, 0.25) is 5.02 Å². The van der Waals surface area contributed by atoms with Gasteiger partial charge < -0.3 is 10.4 Å². The number of nitrogens with zero attached hydrogens (tertiary/aromatic N) is 2. The number of carbonyl (C=O) groups is 1. The zero-order chi connectivity index (χ0) is 15.2. The number of halogens is 1. The summed E-state index contributed by atoms with van der Waals surface area (Å²) in [6.07, 6.45) is 2.43. The zero-order valence-corrected chi connectivity index (χ0v) is 12.4. The molecule has 1 aliphatic heterocycles. The van der Waals surface area contributed by atoms with Crippen molar-refractivity contribution in [2.75, 3.05) is 25.0 Å². The van der Waals surface area contributed by atoms with Gasteiger partial charge in [0.2, 0.25) is 5.91 Å². The summed E-state index contributed by atoms with van der Waals surface area (Å²) in [5, 5.41) is 21.1. The molecule has 0 bridgehead atoms. The van der Waals surface area contributed by atoms with Crippen LogP contribution in [-0.4, -0.2) is 41.7 Å². The molecule has 0 aromatic heterocycles. The van der Waals surface area contributed by atoms with E-state index >= 15 is 0 Å². The van der Waals surface area contributed by atoms with Gasteiger partial charge in [-0.1, -0.05) is 11.6 Å². The lowest BCUT2D eigenvalue weighted by Gasteiger charge is -2.22. The Hall–Kier alpha value is -1.61. The van der Waals surface area contributed by atoms with E-state index in [1.54, 1.807) is 18.2 Å². The Morgan fingerprint density at radius 1 is 1.57 bits per heavy atom. The maximum absolute atomic E-state index is 11.9. The molecule has 1 aromatic carbocycles. The average molecular weight is 308 g/mol. The first-order chi connectivity index (χ1) is 10.1. The van der Waals surface area contributed by atoms with Crippen molar-refractivity contribution < 1.29 is 9.90 Å². The minimum atomic E-state index is -0.0978. The van der Waals surface area contributed by atoms with E-state index in [2.05, 4.69) is 10.2 Å². The Bertz CT molecular complexity index is 556.